The van der Waals surface area contributed by atoms with E-state index in [1.807, 2.05) is 0 Å². The van der Waals surface area contributed by atoms with Crippen LogP contribution in [0.25, 0.3) is 10.1 Å². The first-order valence-electron chi connectivity index (χ1n) is 6.52. The number of hydrogen-bond acceptors (Lipinski definition) is 3. The normalized spacial score (nSPS) is 10.8. The summed E-state index contributed by atoms with van der Waals surface area (Å²) < 4.78 is 6.07. The number of benzene rings is 2. The number of halogens is 3. The van der Waals surface area contributed by atoms with Gasteiger partial charge in [-0.15, -0.1) is 11.3 Å². The molecule has 0 aliphatic heterocycles. The van der Waals surface area contributed by atoms with Gasteiger partial charge in [-0.2, -0.15) is 0 Å². The molecule has 0 saturated heterocycles. The third-order valence-corrected chi connectivity index (χ3v) is 5.33. The molecule has 0 aliphatic carbocycles. The lowest BCUT2D eigenvalue weighted by Gasteiger charge is -2.10. The summed E-state index contributed by atoms with van der Waals surface area (Å²) in [7, 11) is 1.52. The fourth-order valence-electron chi connectivity index (χ4n) is 2.14. The second kappa shape index (κ2) is 6.57. The summed E-state index contributed by atoms with van der Waals surface area (Å²) in [4.78, 5) is 13.0. The lowest BCUT2D eigenvalue weighted by Crippen LogP contribution is -2.11. The topological polar surface area (TPSA) is 38.3 Å². The van der Waals surface area contributed by atoms with Crippen molar-refractivity contribution in [2.75, 3.05) is 12.4 Å². The molecule has 2 aromatic carbocycles. The van der Waals surface area contributed by atoms with Crippen molar-refractivity contribution >= 4 is 67.8 Å². The van der Waals surface area contributed by atoms with Crippen molar-refractivity contribution < 1.29 is 9.53 Å². The summed E-state index contributed by atoms with van der Waals surface area (Å²) in [5.41, 5.74) is 0.483. The Balaban J connectivity index is 1.98. The number of rotatable bonds is 3. The molecule has 1 N–H and O–H groups in total. The summed E-state index contributed by atoms with van der Waals surface area (Å²) in [6.07, 6.45) is 0. The Hall–Kier alpha value is -1.46. The molecule has 1 amide bonds. The lowest BCUT2D eigenvalue weighted by atomic mass is 10.2. The first-order valence-corrected chi connectivity index (χ1v) is 8.47. The molecule has 0 spiro atoms. The van der Waals surface area contributed by atoms with E-state index in [0.717, 1.165) is 10.1 Å². The molecule has 0 aliphatic rings. The number of thiophene rings is 1. The third-order valence-electron chi connectivity index (χ3n) is 3.21. The largest absolute Gasteiger partial charge is 0.495 e. The second-order valence-electron chi connectivity index (χ2n) is 4.68. The zero-order valence-electron chi connectivity index (χ0n) is 11.8. The fraction of sp³-hybridized carbons (Fsp3) is 0.0625. The van der Waals surface area contributed by atoms with Crippen LogP contribution in [-0.4, -0.2) is 13.0 Å². The van der Waals surface area contributed by atoms with Gasteiger partial charge in [0.2, 0.25) is 0 Å². The monoisotopic (exact) mass is 385 g/mol. The zero-order valence-corrected chi connectivity index (χ0v) is 14.9. The van der Waals surface area contributed by atoms with Gasteiger partial charge < -0.3 is 10.1 Å². The minimum absolute atomic E-state index is 0.326. The van der Waals surface area contributed by atoms with Gasteiger partial charge >= 0.3 is 0 Å². The van der Waals surface area contributed by atoms with Crippen LogP contribution >= 0.6 is 46.1 Å². The summed E-state index contributed by atoms with van der Waals surface area (Å²) >= 11 is 19.6. The van der Waals surface area contributed by atoms with E-state index in [9.17, 15) is 4.79 Å². The Morgan fingerprint density at radius 1 is 1.09 bits per heavy atom. The van der Waals surface area contributed by atoms with Crippen molar-refractivity contribution in [2.24, 2.45) is 0 Å². The van der Waals surface area contributed by atoms with Crippen molar-refractivity contribution in [3.63, 3.8) is 0 Å². The van der Waals surface area contributed by atoms with Gasteiger partial charge in [0.05, 0.1) is 17.8 Å². The minimum atomic E-state index is -0.326. The molecule has 23 heavy (non-hydrogen) atoms. The van der Waals surface area contributed by atoms with Crippen LogP contribution in [0.15, 0.2) is 36.4 Å². The van der Waals surface area contributed by atoms with E-state index in [4.69, 9.17) is 39.5 Å². The molecule has 7 heteroatoms. The van der Waals surface area contributed by atoms with Gasteiger partial charge in [-0.1, -0.05) is 40.9 Å². The van der Waals surface area contributed by atoms with E-state index in [2.05, 4.69) is 5.32 Å². The van der Waals surface area contributed by atoms with Gasteiger partial charge in [0.1, 0.15) is 10.6 Å². The lowest BCUT2D eigenvalue weighted by molar-refractivity contribution is 0.103. The Morgan fingerprint density at radius 2 is 1.78 bits per heavy atom. The Labute approximate surface area is 151 Å². The molecule has 3 nitrogen and oxygen atoms in total. The molecule has 0 fully saturated rings. The number of ether oxygens (including phenoxy) is 1. The first kappa shape index (κ1) is 16.4. The highest BCUT2D eigenvalue weighted by molar-refractivity contribution is 7.21. The quantitative estimate of drug-likeness (QED) is 0.588. The highest BCUT2D eigenvalue weighted by atomic mass is 35.5. The number of carbonyl (C=O) groups is 1. The number of anilines is 1. The van der Waals surface area contributed by atoms with Gasteiger partial charge in [0.25, 0.3) is 5.91 Å². The van der Waals surface area contributed by atoms with Crippen LogP contribution in [0.4, 0.5) is 5.69 Å². The number of amides is 1. The van der Waals surface area contributed by atoms with Gasteiger partial charge in [0.15, 0.2) is 0 Å². The SMILES string of the molecule is COc1ccc(Cl)cc1NC(=O)c1sc2cc(Cl)ccc2c1Cl. The maximum absolute atomic E-state index is 12.6. The van der Waals surface area contributed by atoms with E-state index in [0.29, 0.717) is 31.4 Å². The molecule has 118 valence electrons. The predicted octanol–water partition coefficient (Wildman–Crippen LogP) is 6.12. The highest BCUT2D eigenvalue weighted by Gasteiger charge is 2.18. The van der Waals surface area contributed by atoms with Crippen molar-refractivity contribution in [3.05, 3.63) is 56.3 Å². The zero-order chi connectivity index (χ0) is 16.6. The van der Waals surface area contributed by atoms with Crippen molar-refractivity contribution in [2.45, 2.75) is 0 Å². The molecule has 0 saturated carbocycles. The van der Waals surface area contributed by atoms with Gasteiger partial charge in [0, 0.05) is 20.1 Å². The molecule has 0 atom stereocenters. The standard InChI is InChI=1S/C16H10Cl3NO2S/c1-22-12-5-3-8(17)6-11(12)20-16(21)15-14(19)10-4-2-9(18)7-13(10)23-15/h2-7H,1H3,(H,20,21). The van der Waals surface area contributed by atoms with Crippen molar-refractivity contribution in [3.8, 4) is 5.75 Å². The average Bonchev–Trinajstić information content (AvgIpc) is 2.84. The highest BCUT2D eigenvalue weighted by Crippen LogP contribution is 2.37. The van der Waals surface area contributed by atoms with Crippen molar-refractivity contribution in [1.29, 1.82) is 0 Å². The predicted molar refractivity (Wildman–Crippen MR) is 97.8 cm³/mol. The Morgan fingerprint density at radius 3 is 2.52 bits per heavy atom. The molecule has 0 bridgehead atoms. The van der Waals surface area contributed by atoms with E-state index >= 15 is 0 Å². The van der Waals surface area contributed by atoms with E-state index in [1.54, 1.807) is 36.4 Å². The molecule has 1 heterocycles. The first-order chi connectivity index (χ1) is 11.0. The van der Waals surface area contributed by atoms with Crippen LogP contribution in [0, 0.1) is 0 Å². The Bertz CT molecular complexity index is 908. The number of fused-ring (bicyclic) bond motifs is 1. The molecular formula is C16H10Cl3NO2S. The number of nitrogens with one attached hydrogen (secondary N) is 1. The van der Waals surface area contributed by atoms with Crippen LogP contribution in [0.5, 0.6) is 5.75 Å². The van der Waals surface area contributed by atoms with Gasteiger partial charge in [-0.3, -0.25) is 4.79 Å². The maximum atomic E-state index is 12.6. The maximum Gasteiger partial charge on any atom is 0.267 e. The van der Waals surface area contributed by atoms with Crippen LogP contribution < -0.4 is 10.1 Å². The molecule has 0 radical (unpaired) electrons. The van der Waals surface area contributed by atoms with Gasteiger partial charge in [-0.05, 0) is 30.3 Å². The average molecular weight is 387 g/mol. The van der Waals surface area contributed by atoms with E-state index < -0.39 is 0 Å². The third kappa shape index (κ3) is 3.26. The summed E-state index contributed by atoms with van der Waals surface area (Å²) in [6.45, 7) is 0. The van der Waals surface area contributed by atoms with Crippen LogP contribution in [0.2, 0.25) is 15.1 Å². The molecular weight excluding hydrogens is 377 g/mol. The van der Waals surface area contributed by atoms with Crippen molar-refractivity contribution in [1.82, 2.24) is 0 Å². The minimum Gasteiger partial charge on any atom is -0.495 e. The van der Waals surface area contributed by atoms with Crippen LogP contribution in [0.1, 0.15) is 9.67 Å². The van der Waals surface area contributed by atoms with Crippen LogP contribution in [0.3, 0.4) is 0 Å². The smallest absolute Gasteiger partial charge is 0.267 e. The van der Waals surface area contributed by atoms with Gasteiger partial charge in [-0.25, -0.2) is 0 Å². The summed E-state index contributed by atoms with van der Waals surface area (Å²) in [6, 6.07) is 10.3. The molecule has 1 aromatic heterocycles. The second-order valence-corrected chi connectivity index (χ2v) is 6.99. The van der Waals surface area contributed by atoms with E-state index in [-0.39, 0.29) is 5.91 Å². The molecule has 0 unspecified atom stereocenters. The number of carbonyl (C=O) groups excluding carboxylic acids is 1. The fourth-order valence-corrected chi connectivity index (χ4v) is 4.00. The number of methoxy groups -OCH3 is 1. The Kier molecular flexibility index (Phi) is 4.69. The number of hydrogen-bond donors (Lipinski definition) is 1. The summed E-state index contributed by atoms with van der Waals surface area (Å²) in [5, 5.41) is 5.07. The van der Waals surface area contributed by atoms with E-state index in [1.165, 1.54) is 18.4 Å². The summed E-state index contributed by atoms with van der Waals surface area (Å²) in [5.74, 6) is 0.191. The molecule has 3 rings (SSSR count). The van der Waals surface area contributed by atoms with Crippen LogP contribution in [-0.2, 0) is 0 Å². The molecule has 3 aromatic rings.